The number of nitrogens with one attached hydrogen (secondary N) is 1. The summed E-state index contributed by atoms with van der Waals surface area (Å²) in [6.45, 7) is 5.58. The number of nitrogens with zero attached hydrogens (tertiary/aromatic N) is 2. The van der Waals surface area contributed by atoms with Crippen LogP contribution in [0.15, 0.2) is 42.7 Å². The molecule has 0 saturated heterocycles. The monoisotopic (exact) mass is 283 g/mol. The van der Waals surface area contributed by atoms with Crippen molar-refractivity contribution in [1.82, 2.24) is 9.78 Å². The molecule has 112 valence electrons. The molecule has 1 aliphatic rings. The minimum Gasteiger partial charge on any atom is -0.382 e. The molecule has 1 heterocycles. The molecule has 1 aromatic heterocycles. The minimum absolute atomic E-state index is 0.596. The molecule has 0 amide bonds. The van der Waals surface area contributed by atoms with Crippen LogP contribution in [0, 0.1) is 11.8 Å². The fourth-order valence-electron chi connectivity index (χ4n) is 3.50. The van der Waals surface area contributed by atoms with Gasteiger partial charge in [0.2, 0.25) is 0 Å². The van der Waals surface area contributed by atoms with Crippen LogP contribution in [-0.4, -0.2) is 15.8 Å². The molecule has 21 heavy (non-hydrogen) atoms. The summed E-state index contributed by atoms with van der Waals surface area (Å²) in [4.78, 5) is 0. The lowest BCUT2D eigenvalue weighted by Gasteiger charge is -2.36. The predicted molar refractivity (Wildman–Crippen MR) is 87.4 cm³/mol. The van der Waals surface area contributed by atoms with E-state index in [-0.39, 0.29) is 0 Å². The molecule has 0 aliphatic heterocycles. The second-order valence-corrected chi connectivity index (χ2v) is 6.46. The van der Waals surface area contributed by atoms with Crippen molar-refractivity contribution in [3.8, 4) is 0 Å². The lowest BCUT2D eigenvalue weighted by Crippen LogP contribution is -2.37. The quantitative estimate of drug-likeness (QED) is 0.912. The van der Waals surface area contributed by atoms with Crippen LogP contribution in [0.2, 0.25) is 0 Å². The minimum atomic E-state index is 0.596. The molecule has 3 nitrogen and oxygen atoms in total. The predicted octanol–water partition coefficient (Wildman–Crippen LogP) is 4.17. The summed E-state index contributed by atoms with van der Waals surface area (Å²) in [6.07, 6.45) is 7.89. The maximum atomic E-state index is 4.28. The Morgan fingerprint density at radius 3 is 2.71 bits per heavy atom. The average molecular weight is 283 g/mol. The number of hydrogen-bond acceptors (Lipinski definition) is 2. The molecule has 2 atom stereocenters. The maximum absolute atomic E-state index is 4.28. The van der Waals surface area contributed by atoms with Crippen molar-refractivity contribution in [2.75, 3.05) is 5.32 Å². The van der Waals surface area contributed by atoms with Gasteiger partial charge in [-0.3, -0.25) is 4.68 Å². The van der Waals surface area contributed by atoms with E-state index in [4.69, 9.17) is 0 Å². The Hall–Kier alpha value is -1.77. The van der Waals surface area contributed by atoms with E-state index in [0.29, 0.717) is 6.04 Å². The standard InChI is InChI=1S/C18H25N3/c1-14-6-3-7-15(2)18(14)20-17-9-4-8-16(12-17)13-21-11-5-10-19-21/h4-5,8-12,14-15,18,20H,3,6-7,13H2,1-2H3. The normalized spacial score (nSPS) is 25.7. The molecule has 3 heteroatoms. The first-order valence-electron chi connectivity index (χ1n) is 8.05. The van der Waals surface area contributed by atoms with E-state index in [2.05, 4.69) is 48.5 Å². The number of aromatic nitrogens is 2. The van der Waals surface area contributed by atoms with Crippen LogP contribution in [0.25, 0.3) is 0 Å². The van der Waals surface area contributed by atoms with Crippen molar-refractivity contribution in [3.63, 3.8) is 0 Å². The van der Waals surface area contributed by atoms with Gasteiger partial charge in [0, 0.05) is 24.1 Å². The first kappa shape index (κ1) is 14.2. The lowest BCUT2D eigenvalue weighted by atomic mass is 9.78. The van der Waals surface area contributed by atoms with Crippen molar-refractivity contribution in [2.45, 2.75) is 45.7 Å². The van der Waals surface area contributed by atoms with E-state index in [1.54, 1.807) is 0 Å². The topological polar surface area (TPSA) is 29.9 Å². The highest BCUT2D eigenvalue weighted by Gasteiger charge is 2.27. The zero-order valence-corrected chi connectivity index (χ0v) is 13.0. The van der Waals surface area contributed by atoms with Crippen LogP contribution in [-0.2, 0) is 6.54 Å². The molecular formula is C18H25N3. The third kappa shape index (κ3) is 3.46. The molecular weight excluding hydrogens is 258 g/mol. The second-order valence-electron chi connectivity index (χ2n) is 6.46. The van der Waals surface area contributed by atoms with Gasteiger partial charge in [-0.2, -0.15) is 5.10 Å². The van der Waals surface area contributed by atoms with Crippen molar-refractivity contribution < 1.29 is 0 Å². The van der Waals surface area contributed by atoms with E-state index >= 15 is 0 Å². The summed E-state index contributed by atoms with van der Waals surface area (Å²) < 4.78 is 1.96. The van der Waals surface area contributed by atoms with Crippen LogP contribution in [0.1, 0.15) is 38.7 Å². The van der Waals surface area contributed by atoms with Crippen molar-refractivity contribution >= 4 is 5.69 Å². The van der Waals surface area contributed by atoms with Gasteiger partial charge in [0.15, 0.2) is 0 Å². The van der Waals surface area contributed by atoms with Gasteiger partial charge in [0.25, 0.3) is 0 Å². The highest BCUT2D eigenvalue weighted by molar-refractivity contribution is 5.47. The molecule has 1 fully saturated rings. The fraction of sp³-hybridized carbons (Fsp3) is 0.500. The maximum Gasteiger partial charge on any atom is 0.0660 e. The summed E-state index contributed by atoms with van der Waals surface area (Å²) >= 11 is 0. The molecule has 3 rings (SSSR count). The Kier molecular flexibility index (Phi) is 4.28. The molecule has 0 spiro atoms. The van der Waals surface area contributed by atoms with Crippen LogP contribution >= 0.6 is 0 Å². The van der Waals surface area contributed by atoms with E-state index in [9.17, 15) is 0 Å². The van der Waals surface area contributed by atoms with Gasteiger partial charge in [-0.15, -0.1) is 0 Å². The summed E-state index contributed by atoms with van der Waals surface area (Å²) in [5.74, 6) is 1.51. The van der Waals surface area contributed by atoms with Crippen molar-refractivity contribution in [2.24, 2.45) is 11.8 Å². The van der Waals surface area contributed by atoms with E-state index in [1.807, 2.05) is 23.1 Å². The van der Waals surface area contributed by atoms with Gasteiger partial charge in [0.1, 0.15) is 0 Å². The molecule has 1 N–H and O–H groups in total. The molecule has 0 radical (unpaired) electrons. The highest BCUT2D eigenvalue weighted by atomic mass is 15.3. The summed E-state index contributed by atoms with van der Waals surface area (Å²) in [5, 5.41) is 8.05. The zero-order valence-electron chi connectivity index (χ0n) is 13.0. The van der Waals surface area contributed by atoms with Gasteiger partial charge in [-0.1, -0.05) is 32.4 Å². The molecule has 1 saturated carbocycles. The number of anilines is 1. The van der Waals surface area contributed by atoms with Gasteiger partial charge in [-0.25, -0.2) is 0 Å². The summed E-state index contributed by atoms with van der Waals surface area (Å²) in [7, 11) is 0. The number of benzene rings is 1. The molecule has 2 aromatic rings. The van der Waals surface area contributed by atoms with E-state index < -0.39 is 0 Å². The number of hydrogen-bond donors (Lipinski definition) is 1. The lowest BCUT2D eigenvalue weighted by molar-refractivity contribution is 0.268. The van der Waals surface area contributed by atoms with Crippen LogP contribution in [0.4, 0.5) is 5.69 Å². The Labute approximate surface area is 127 Å². The van der Waals surface area contributed by atoms with Gasteiger partial charge in [0.05, 0.1) is 6.54 Å². The smallest absolute Gasteiger partial charge is 0.0660 e. The van der Waals surface area contributed by atoms with Crippen molar-refractivity contribution in [1.29, 1.82) is 0 Å². The first-order chi connectivity index (χ1) is 10.2. The van der Waals surface area contributed by atoms with Crippen LogP contribution in [0.3, 0.4) is 0 Å². The first-order valence-corrected chi connectivity index (χ1v) is 8.05. The second kappa shape index (κ2) is 6.33. The molecule has 1 aliphatic carbocycles. The molecule has 1 aromatic carbocycles. The van der Waals surface area contributed by atoms with Crippen LogP contribution in [0.5, 0.6) is 0 Å². The third-order valence-corrected chi connectivity index (χ3v) is 4.71. The van der Waals surface area contributed by atoms with Crippen LogP contribution < -0.4 is 5.32 Å². The molecule has 2 unspecified atom stereocenters. The third-order valence-electron chi connectivity index (χ3n) is 4.71. The SMILES string of the molecule is CC1CCCC(C)C1Nc1cccc(Cn2cccn2)c1. The summed E-state index contributed by atoms with van der Waals surface area (Å²) in [5.41, 5.74) is 2.53. The van der Waals surface area contributed by atoms with Gasteiger partial charge >= 0.3 is 0 Å². The highest BCUT2D eigenvalue weighted by Crippen LogP contribution is 2.31. The Bertz CT molecular complexity index is 552. The Morgan fingerprint density at radius 2 is 2.00 bits per heavy atom. The van der Waals surface area contributed by atoms with E-state index in [0.717, 1.165) is 18.4 Å². The Balaban J connectivity index is 1.70. The molecule has 0 bridgehead atoms. The summed E-state index contributed by atoms with van der Waals surface area (Å²) in [6, 6.07) is 11.3. The van der Waals surface area contributed by atoms with Gasteiger partial charge < -0.3 is 5.32 Å². The average Bonchev–Trinajstić information content (AvgIpc) is 2.96. The zero-order chi connectivity index (χ0) is 14.7. The fourth-order valence-corrected chi connectivity index (χ4v) is 3.50. The largest absolute Gasteiger partial charge is 0.382 e. The van der Waals surface area contributed by atoms with Gasteiger partial charge in [-0.05, 0) is 48.4 Å². The van der Waals surface area contributed by atoms with Crippen molar-refractivity contribution in [3.05, 3.63) is 48.3 Å². The van der Waals surface area contributed by atoms with E-state index in [1.165, 1.54) is 30.5 Å². The number of rotatable bonds is 4. The Morgan fingerprint density at radius 1 is 1.19 bits per heavy atom.